The van der Waals surface area contributed by atoms with Gasteiger partial charge in [0.2, 0.25) is 0 Å². The minimum absolute atomic E-state index is 0.667. The Morgan fingerprint density at radius 2 is 0.978 bits per heavy atom. The molecule has 0 fully saturated rings. The monoisotopic (exact) mass is 602 g/mol. The summed E-state index contributed by atoms with van der Waals surface area (Å²) >= 11 is 0. The van der Waals surface area contributed by atoms with Crippen molar-refractivity contribution >= 4 is 50.6 Å². The van der Waals surface area contributed by atoms with Gasteiger partial charge in [0.05, 0.1) is 22.7 Å². The molecule has 8 rings (SSSR count). The second-order valence-electron chi connectivity index (χ2n) is 11.6. The smallest absolute Gasteiger partial charge is 0.180 e. The van der Waals surface area contributed by atoms with Crippen LogP contribution >= 0.6 is 0 Å². The molecule has 0 N–H and O–H groups in total. The minimum Gasteiger partial charge on any atom is -0.309 e. The van der Waals surface area contributed by atoms with Crippen molar-refractivity contribution in [2.75, 3.05) is 0 Å². The average molecular weight is 603 g/mol. The number of aromatic nitrogens is 1. The van der Waals surface area contributed by atoms with Crippen LogP contribution in [0.25, 0.3) is 38.6 Å². The van der Waals surface area contributed by atoms with E-state index in [1.54, 1.807) is 0 Å². The molecule has 0 spiro atoms. The molecule has 2 nitrogen and oxygen atoms in total. The zero-order chi connectivity index (χ0) is 30.9. The molecule has 0 aliphatic carbocycles. The van der Waals surface area contributed by atoms with Crippen molar-refractivity contribution in [1.82, 2.24) is 4.57 Å². The molecule has 0 amide bonds. The van der Waals surface area contributed by atoms with E-state index in [1.165, 1.54) is 53.7 Å². The third-order valence-electron chi connectivity index (χ3n) is 9.19. The first-order valence-electron chi connectivity index (χ1n) is 15.6. The van der Waals surface area contributed by atoms with Crippen LogP contribution in [0.5, 0.6) is 0 Å². The van der Waals surface area contributed by atoms with Gasteiger partial charge in [-0.25, -0.2) is 0 Å². The molecule has 1 heterocycles. The van der Waals surface area contributed by atoms with Gasteiger partial charge in [-0.1, -0.05) is 146 Å². The summed E-state index contributed by atoms with van der Waals surface area (Å²) in [6.07, 6.45) is 0. The van der Waals surface area contributed by atoms with E-state index >= 15 is 0 Å². The molecule has 7 aromatic carbocycles. The van der Waals surface area contributed by atoms with Crippen LogP contribution in [0.15, 0.2) is 182 Å². The summed E-state index contributed by atoms with van der Waals surface area (Å²) in [5, 5.41) is 17.3. The lowest BCUT2D eigenvalue weighted by Crippen LogP contribution is -2.75. The third-order valence-corrected chi connectivity index (χ3v) is 14.0. The number of para-hydroxylation sites is 2. The maximum atomic E-state index is 9.67. The summed E-state index contributed by atoms with van der Waals surface area (Å²) in [4.78, 5) is 0. The van der Waals surface area contributed by atoms with Crippen molar-refractivity contribution < 1.29 is 0 Å². The van der Waals surface area contributed by atoms with Crippen molar-refractivity contribution in [3.63, 3.8) is 0 Å². The summed E-state index contributed by atoms with van der Waals surface area (Å²) in [6, 6.07) is 67.7. The van der Waals surface area contributed by atoms with Crippen molar-refractivity contribution in [2.24, 2.45) is 0 Å². The van der Waals surface area contributed by atoms with Crippen LogP contribution in [-0.2, 0) is 0 Å². The van der Waals surface area contributed by atoms with Gasteiger partial charge in [0.1, 0.15) is 0 Å². The number of fused-ring (bicyclic) bond motifs is 3. The van der Waals surface area contributed by atoms with Gasteiger partial charge in [0, 0.05) is 16.5 Å². The van der Waals surface area contributed by atoms with Gasteiger partial charge in [-0.15, -0.1) is 0 Å². The van der Waals surface area contributed by atoms with E-state index in [0.717, 1.165) is 5.69 Å². The predicted octanol–water partition coefficient (Wildman–Crippen LogP) is 7.70. The molecule has 0 saturated carbocycles. The largest absolute Gasteiger partial charge is 0.309 e. The fourth-order valence-electron chi connectivity index (χ4n) is 7.21. The highest BCUT2D eigenvalue weighted by atomic mass is 28.3. The molecular formula is C43H30N2Si. The lowest BCUT2D eigenvalue weighted by Gasteiger charge is -2.36. The zero-order valence-corrected chi connectivity index (χ0v) is 26.2. The molecule has 0 saturated heterocycles. The normalized spacial score (nSPS) is 11.5. The Morgan fingerprint density at radius 1 is 0.457 bits per heavy atom. The van der Waals surface area contributed by atoms with Crippen molar-refractivity contribution in [1.29, 1.82) is 5.26 Å². The van der Waals surface area contributed by atoms with Crippen molar-refractivity contribution in [2.45, 2.75) is 0 Å². The van der Waals surface area contributed by atoms with Crippen LogP contribution in [0.4, 0.5) is 0 Å². The third kappa shape index (κ3) is 4.39. The number of benzene rings is 7. The molecule has 46 heavy (non-hydrogen) atoms. The fraction of sp³-hybridized carbons (Fsp3) is 0. The molecule has 0 bridgehead atoms. The second-order valence-corrected chi connectivity index (χ2v) is 15.4. The quantitative estimate of drug-likeness (QED) is 0.142. The Balaban J connectivity index is 1.42. The molecular weight excluding hydrogens is 573 g/mol. The van der Waals surface area contributed by atoms with Gasteiger partial charge in [0.15, 0.2) is 8.07 Å². The average Bonchev–Trinajstić information content (AvgIpc) is 3.48. The maximum absolute atomic E-state index is 9.67. The van der Waals surface area contributed by atoms with Gasteiger partial charge in [0.25, 0.3) is 0 Å². The molecule has 0 aliphatic heterocycles. The first-order valence-corrected chi connectivity index (χ1v) is 17.6. The van der Waals surface area contributed by atoms with E-state index in [4.69, 9.17) is 0 Å². The van der Waals surface area contributed by atoms with Gasteiger partial charge in [-0.3, -0.25) is 0 Å². The summed E-state index contributed by atoms with van der Waals surface area (Å²) < 4.78 is 2.39. The van der Waals surface area contributed by atoms with Gasteiger partial charge < -0.3 is 4.57 Å². The van der Waals surface area contributed by atoms with Crippen LogP contribution < -0.4 is 20.7 Å². The van der Waals surface area contributed by atoms with Gasteiger partial charge in [-0.2, -0.15) is 5.26 Å². The van der Waals surface area contributed by atoms with E-state index in [0.29, 0.717) is 5.56 Å². The SMILES string of the molecule is N#Cc1ccc([Si](c2ccccc2)(c2ccccc2)c2ccccc2-c2cccc(-n3c4ccccc4c4ccccc43)c2)cc1. The standard InChI is InChI=1S/C43H30N2Si/c44-31-32-26-28-37(29-27-32)46(35-16-3-1-4-17-35,36-18-5-2-6-19-36)43-25-12-9-20-38(43)33-14-13-15-34(30-33)45-41-23-10-7-21-39(41)40-22-8-11-24-42(40)45/h1-30H. The Kier molecular flexibility index (Phi) is 6.91. The number of nitriles is 1. The Hall–Kier alpha value is -5.95. The summed E-state index contributed by atoms with van der Waals surface area (Å²) in [5.41, 5.74) is 6.59. The Bertz CT molecular complexity index is 2270. The molecule has 0 unspecified atom stereocenters. The number of rotatable bonds is 6. The first kappa shape index (κ1) is 27.6. The van der Waals surface area contributed by atoms with Gasteiger partial charge >= 0.3 is 0 Å². The summed E-state index contributed by atoms with van der Waals surface area (Å²) in [6.45, 7) is 0. The summed E-state index contributed by atoms with van der Waals surface area (Å²) in [7, 11) is -2.85. The van der Waals surface area contributed by atoms with Gasteiger partial charge in [-0.05, 0) is 68.3 Å². The highest BCUT2D eigenvalue weighted by Gasteiger charge is 2.42. The highest BCUT2D eigenvalue weighted by molar-refractivity contribution is 7.20. The predicted molar refractivity (Wildman–Crippen MR) is 195 cm³/mol. The molecule has 1 aromatic heterocycles. The lowest BCUT2D eigenvalue weighted by atomic mass is 10.0. The maximum Gasteiger partial charge on any atom is 0.180 e. The van der Waals surface area contributed by atoms with E-state index in [9.17, 15) is 5.26 Å². The molecule has 8 aromatic rings. The molecule has 0 atom stereocenters. The van der Waals surface area contributed by atoms with Crippen LogP contribution in [0.1, 0.15) is 5.56 Å². The van der Waals surface area contributed by atoms with E-state index in [1.807, 2.05) is 12.1 Å². The van der Waals surface area contributed by atoms with Crippen LogP contribution in [-0.4, -0.2) is 12.6 Å². The number of nitrogens with zero attached hydrogens (tertiary/aromatic N) is 2. The Labute approximate surface area is 270 Å². The molecule has 0 aliphatic rings. The number of hydrogen-bond donors (Lipinski definition) is 0. The van der Waals surface area contributed by atoms with E-state index in [-0.39, 0.29) is 0 Å². The first-order chi connectivity index (χ1) is 22.8. The second kappa shape index (κ2) is 11.5. The van der Waals surface area contributed by atoms with E-state index < -0.39 is 8.07 Å². The molecule has 0 radical (unpaired) electrons. The van der Waals surface area contributed by atoms with Crippen molar-refractivity contribution in [3.05, 3.63) is 188 Å². The lowest BCUT2D eigenvalue weighted by molar-refractivity contribution is 1.18. The van der Waals surface area contributed by atoms with Crippen molar-refractivity contribution in [3.8, 4) is 22.9 Å². The minimum atomic E-state index is -2.85. The topological polar surface area (TPSA) is 28.7 Å². The number of hydrogen-bond acceptors (Lipinski definition) is 1. The van der Waals surface area contributed by atoms with E-state index in [2.05, 4.69) is 180 Å². The van der Waals surface area contributed by atoms with Crippen LogP contribution in [0.2, 0.25) is 0 Å². The Morgan fingerprint density at radius 3 is 1.59 bits per heavy atom. The summed E-state index contributed by atoms with van der Waals surface area (Å²) in [5.74, 6) is 0. The van der Waals surface area contributed by atoms with Crippen LogP contribution in [0.3, 0.4) is 0 Å². The van der Waals surface area contributed by atoms with Crippen LogP contribution in [0, 0.1) is 11.3 Å². The fourth-order valence-corrected chi connectivity index (χ4v) is 12.2. The highest BCUT2D eigenvalue weighted by Crippen LogP contribution is 2.33. The molecule has 216 valence electrons. The molecule has 3 heteroatoms. The zero-order valence-electron chi connectivity index (χ0n) is 25.2.